The van der Waals surface area contributed by atoms with E-state index in [4.69, 9.17) is 0 Å². The van der Waals surface area contributed by atoms with Crippen LogP contribution in [0.25, 0.3) is 10.8 Å². The monoisotopic (exact) mass is 433 g/mol. The Labute approximate surface area is 162 Å². The molecular weight excluding hydrogens is 420 g/mol. The third-order valence-corrected chi connectivity index (χ3v) is 6.08. The van der Waals surface area contributed by atoms with Crippen molar-refractivity contribution in [2.24, 2.45) is 0 Å². The van der Waals surface area contributed by atoms with Gasteiger partial charge >= 0.3 is 12.4 Å². The fourth-order valence-electron chi connectivity index (χ4n) is 2.74. The van der Waals surface area contributed by atoms with E-state index in [-0.39, 0.29) is 23.9 Å². The molecule has 3 rings (SSSR count). The smallest absolute Gasteiger partial charge is 0.269 e. The van der Waals surface area contributed by atoms with Crippen LogP contribution in [0, 0.1) is 0 Å². The Hall–Kier alpha value is -2.75. The summed E-state index contributed by atoms with van der Waals surface area (Å²) in [6.45, 7) is 0. The number of benzene rings is 3. The zero-order valence-corrected chi connectivity index (χ0v) is 15.5. The predicted octanol–water partition coefficient (Wildman–Crippen LogP) is 5.70. The maximum absolute atomic E-state index is 13.0. The zero-order chi connectivity index (χ0) is 21.6. The van der Waals surface area contributed by atoms with E-state index in [0.717, 1.165) is 12.4 Å². The highest BCUT2D eigenvalue weighted by atomic mass is 32.2. The Bertz CT molecular complexity index is 1140. The summed E-state index contributed by atoms with van der Waals surface area (Å²) in [6, 6.07) is 11.7. The lowest BCUT2D eigenvalue weighted by atomic mass is 10.1. The summed E-state index contributed by atoms with van der Waals surface area (Å²) < 4.78 is 105. The second-order valence-electron chi connectivity index (χ2n) is 6.25. The van der Waals surface area contributed by atoms with E-state index >= 15 is 0 Å². The van der Waals surface area contributed by atoms with E-state index in [0.29, 0.717) is 9.69 Å². The van der Waals surface area contributed by atoms with Gasteiger partial charge in [-0.3, -0.25) is 4.31 Å². The van der Waals surface area contributed by atoms with Gasteiger partial charge in [-0.2, -0.15) is 26.3 Å². The summed E-state index contributed by atoms with van der Waals surface area (Å²) in [7, 11) is -3.63. The highest BCUT2D eigenvalue weighted by Gasteiger charge is 2.38. The molecule has 0 atom stereocenters. The van der Waals surface area contributed by atoms with Crippen molar-refractivity contribution in [2.45, 2.75) is 17.2 Å². The first-order chi connectivity index (χ1) is 13.3. The summed E-state index contributed by atoms with van der Waals surface area (Å²) in [5.41, 5.74) is -3.30. The molecule has 0 aliphatic rings. The van der Waals surface area contributed by atoms with Crippen LogP contribution in [0.15, 0.2) is 65.6 Å². The second-order valence-corrected chi connectivity index (χ2v) is 8.21. The number of fused-ring (bicyclic) bond motifs is 1. The van der Waals surface area contributed by atoms with Crippen molar-refractivity contribution in [3.63, 3.8) is 0 Å². The summed E-state index contributed by atoms with van der Waals surface area (Å²) in [6.07, 6.45) is -10.3. The fourth-order valence-corrected chi connectivity index (χ4v) is 4.00. The predicted molar refractivity (Wildman–Crippen MR) is 96.0 cm³/mol. The molecule has 0 radical (unpaired) electrons. The van der Waals surface area contributed by atoms with Gasteiger partial charge in [0.1, 0.15) is 0 Å². The number of sulfonamides is 1. The van der Waals surface area contributed by atoms with Crippen LogP contribution in [0.5, 0.6) is 0 Å². The van der Waals surface area contributed by atoms with Crippen molar-refractivity contribution < 1.29 is 34.8 Å². The molecule has 0 saturated carbocycles. The highest BCUT2D eigenvalue weighted by molar-refractivity contribution is 7.92. The van der Waals surface area contributed by atoms with E-state index in [1.165, 1.54) is 12.1 Å². The Balaban J connectivity index is 2.14. The van der Waals surface area contributed by atoms with E-state index in [1.54, 1.807) is 30.3 Å². The first-order valence-corrected chi connectivity index (χ1v) is 9.51. The SMILES string of the molecule is CN(c1ccc2ccccc2c1)S(=O)(=O)c1cc(C(F)(F)F)cc(C(F)(F)F)c1. The molecule has 0 bridgehead atoms. The van der Waals surface area contributed by atoms with Gasteiger partial charge in [0.2, 0.25) is 0 Å². The number of alkyl halides is 6. The van der Waals surface area contributed by atoms with Gasteiger partial charge in [-0.05, 0) is 41.1 Å². The fraction of sp³-hybridized carbons (Fsp3) is 0.158. The minimum absolute atomic E-state index is 0.0923. The standard InChI is InChI=1S/C19H13F6NO2S/c1-26(16-7-6-12-4-2-3-5-13(12)8-16)29(27,28)17-10-14(18(20,21)22)9-15(11-17)19(23,24)25/h2-11H,1H3. The molecule has 0 spiro atoms. The summed E-state index contributed by atoms with van der Waals surface area (Å²) in [5, 5.41) is 1.45. The van der Waals surface area contributed by atoms with Crippen LogP contribution in [0.1, 0.15) is 11.1 Å². The van der Waals surface area contributed by atoms with Crippen LogP contribution in [-0.2, 0) is 22.4 Å². The molecule has 10 heteroatoms. The summed E-state index contributed by atoms with van der Waals surface area (Å²) >= 11 is 0. The van der Waals surface area contributed by atoms with Gasteiger partial charge in [0, 0.05) is 7.05 Å². The van der Waals surface area contributed by atoms with Gasteiger partial charge in [0.05, 0.1) is 21.7 Å². The lowest BCUT2D eigenvalue weighted by Crippen LogP contribution is -2.27. The third-order valence-electron chi connectivity index (χ3n) is 4.32. The molecule has 3 aromatic rings. The van der Waals surface area contributed by atoms with E-state index in [1.807, 2.05) is 0 Å². The molecule has 0 amide bonds. The van der Waals surface area contributed by atoms with Gasteiger partial charge in [-0.25, -0.2) is 8.42 Å². The number of rotatable bonds is 3. The van der Waals surface area contributed by atoms with Crippen molar-refractivity contribution in [1.82, 2.24) is 0 Å². The Morgan fingerprint density at radius 1 is 0.724 bits per heavy atom. The molecule has 0 aliphatic heterocycles. The number of anilines is 1. The van der Waals surface area contributed by atoms with Crippen LogP contribution in [-0.4, -0.2) is 15.5 Å². The molecule has 0 heterocycles. The zero-order valence-electron chi connectivity index (χ0n) is 14.7. The van der Waals surface area contributed by atoms with Crippen LogP contribution < -0.4 is 4.31 Å². The van der Waals surface area contributed by atoms with Crippen molar-refractivity contribution in [1.29, 1.82) is 0 Å². The van der Waals surface area contributed by atoms with Crippen molar-refractivity contribution in [2.75, 3.05) is 11.4 Å². The number of halogens is 6. The molecule has 0 aliphatic carbocycles. The Kier molecular flexibility index (Phi) is 5.02. The quantitative estimate of drug-likeness (QED) is 0.497. The largest absolute Gasteiger partial charge is 0.416 e. The second kappa shape index (κ2) is 6.94. The number of nitrogens with zero attached hydrogens (tertiary/aromatic N) is 1. The van der Waals surface area contributed by atoms with E-state index in [2.05, 4.69) is 0 Å². The van der Waals surface area contributed by atoms with Gasteiger partial charge in [-0.15, -0.1) is 0 Å². The molecule has 0 saturated heterocycles. The first-order valence-electron chi connectivity index (χ1n) is 8.07. The number of hydrogen-bond donors (Lipinski definition) is 0. The maximum Gasteiger partial charge on any atom is 0.416 e. The van der Waals surface area contributed by atoms with E-state index < -0.39 is 38.4 Å². The topological polar surface area (TPSA) is 37.4 Å². The molecule has 0 N–H and O–H groups in total. The van der Waals surface area contributed by atoms with Gasteiger partial charge in [0.25, 0.3) is 10.0 Å². The van der Waals surface area contributed by atoms with Gasteiger partial charge in [-0.1, -0.05) is 30.3 Å². The average molecular weight is 433 g/mol. The molecule has 0 aromatic heterocycles. The normalized spacial score (nSPS) is 12.9. The molecule has 3 nitrogen and oxygen atoms in total. The lowest BCUT2D eigenvalue weighted by molar-refractivity contribution is -0.143. The van der Waals surface area contributed by atoms with Crippen molar-refractivity contribution >= 4 is 26.5 Å². The van der Waals surface area contributed by atoms with Crippen LogP contribution in [0.4, 0.5) is 32.0 Å². The minimum Gasteiger partial charge on any atom is -0.269 e. The van der Waals surface area contributed by atoms with Crippen LogP contribution in [0.2, 0.25) is 0 Å². The van der Waals surface area contributed by atoms with Gasteiger partial charge in [0.15, 0.2) is 0 Å². The Morgan fingerprint density at radius 3 is 1.76 bits per heavy atom. The average Bonchev–Trinajstić information content (AvgIpc) is 2.65. The highest BCUT2D eigenvalue weighted by Crippen LogP contribution is 2.38. The molecule has 29 heavy (non-hydrogen) atoms. The summed E-state index contributed by atoms with van der Waals surface area (Å²) in [4.78, 5) is -1.10. The van der Waals surface area contributed by atoms with E-state index in [9.17, 15) is 34.8 Å². The molecule has 0 unspecified atom stereocenters. The van der Waals surface area contributed by atoms with Crippen LogP contribution >= 0.6 is 0 Å². The summed E-state index contributed by atoms with van der Waals surface area (Å²) in [5.74, 6) is 0. The minimum atomic E-state index is -5.15. The van der Waals surface area contributed by atoms with Crippen molar-refractivity contribution in [3.8, 4) is 0 Å². The Morgan fingerprint density at radius 2 is 1.24 bits per heavy atom. The lowest BCUT2D eigenvalue weighted by Gasteiger charge is -2.22. The molecule has 3 aromatic carbocycles. The number of hydrogen-bond acceptors (Lipinski definition) is 2. The van der Waals surface area contributed by atoms with Crippen LogP contribution in [0.3, 0.4) is 0 Å². The maximum atomic E-state index is 13.0. The molecular formula is C19H13F6NO2S. The van der Waals surface area contributed by atoms with Crippen molar-refractivity contribution in [3.05, 3.63) is 71.8 Å². The van der Waals surface area contributed by atoms with Gasteiger partial charge < -0.3 is 0 Å². The molecule has 0 fully saturated rings. The first kappa shape index (κ1) is 21.0. The molecule has 154 valence electrons. The third kappa shape index (κ3) is 4.16.